The van der Waals surface area contributed by atoms with Gasteiger partial charge in [0.1, 0.15) is 12.7 Å². The van der Waals surface area contributed by atoms with Crippen LogP contribution in [0.2, 0.25) is 0 Å². The van der Waals surface area contributed by atoms with E-state index in [0.29, 0.717) is 5.82 Å². The molecule has 7 heteroatoms. The molecule has 0 aliphatic heterocycles. The van der Waals surface area contributed by atoms with E-state index >= 15 is 0 Å². The van der Waals surface area contributed by atoms with E-state index < -0.39 is 0 Å². The van der Waals surface area contributed by atoms with E-state index in [1.807, 2.05) is 6.92 Å². The van der Waals surface area contributed by atoms with Crippen molar-refractivity contribution in [3.05, 3.63) is 30.9 Å². The smallest absolute Gasteiger partial charge is 0.327 e. The fourth-order valence-electron chi connectivity index (χ4n) is 1.26. The fourth-order valence-corrected chi connectivity index (χ4v) is 1.26. The third-order valence-electron chi connectivity index (χ3n) is 2.08. The van der Waals surface area contributed by atoms with Crippen molar-refractivity contribution in [2.75, 3.05) is 0 Å². The van der Waals surface area contributed by atoms with E-state index in [0.717, 1.165) is 0 Å². The summed E-state index contributed by atoms with van der Waals surface area (Å²) in [5, 5.41) is 6.87. The Morgan fingerprint density at radius 1 is 1.50 bits per heavy atom. The van der Waals surface area contributed by atoms with Gasteiger partial charge in [-0.25, -0.2) is 14.8 Å². The minimum Gasteiger partial charge on any atom is -0.328 e. The third-order valence-corrected chi connectivity index (χ3v) is 2.08. The summed E-state index contributed by atoms with van der Waals surface area (Å²) < 4.78 is 2.95. The van der Waals surface area contributed by atoms with Gasteiger partial charge < -0.3 is 5.32 Å². The van der Waals surface area contributed by atoms with Gasteiger partial charge in [-0.15, -0.1) is 0 Å². The van der Waals surface area contributed by atoms with Gasteiger partial charge >= 0.3 is 6.03 Å². The van der Waals surface area contributed by atoms with Gasteiger partial charge in [0.05, 0.1) is 6.04 Å². The molecule has 0 fully saturated rings. The molecule has 16 heavy (non-hydrogen) atoms. The molecule has 0 spiro atoms. The van der Waals surface area contributed by atoms with E-state index in [4.69, 9.17) is 0 Å². The molecule has 0 saturated heterocycles. The van der Waals surface area contributed by atoms with Crippen molar-refractivity contribution in [3.63, 3.8) is 0 Å². The number of aromatic nitrogens is 5. The number of hydrogen-bond acceptors (Lipinski definition) is 4. The zero-order valence-corrected chi connectivity index (χ0v) is 9.03. The standard InChI is InChI=1S/C9H12N6O/c1-7(8-11-6-14(2)13-8)12-9(16)15-4-3-10-5-15/h3-7H,1-2H3,(H,12,16). The van der Waals surface area contributed by atoms with Crippen LogP contribution >= 0.6 is 0 Å². The Hall–Kier alpha value is -2.18. The van der Waals surface area contributed by atoms with Crippen molar-refractivity contribution in [2.24, 2.45) is 7.05 Å². The summed E-state index contributed by atoms with van der Waals surface area (Å²) in [4.78, 5) is 19.5. The summed E-state index contributed by atoms with van der Waals surface area (Å²) in [5.41, 5.74) is 0. The van der Waals surface area contributed by atoms with Gasteiger partial charge in [-0.2, -0.15) is 5.10 Å². The van der Waals surface area contributed by atoms with Crippen LogP contribution in [0.15, 0.2) is 25.0 Å². The van der Waals surface area contributed by atoms with Crippen LogP contribution in [-0.4, -0.2) is 30.3 Å². The molecule has 1 amide bonds. The largest absolute Gasteiger partial charge is 0.328 e. The highest BCUT2D eigenvalue weighted by molar-refractivity contribution is 5.76. The van der Waals surface area contributed by atoms with Gasteiger partial charge in [0.2, 0.25) is 0 Å². The Morgan fingerprint density at radius 2 is 2.31 bits per heavy atom. The highest BCUT2D eigenvalue weighted by atomic mass is 16.2. The Morgan fingerprint density at radius 3 is 2.88 bits per heavy atom. The van der Waals surface area contributed by atoms with E-state index in [1.165, 1.54) is 10.9 Å². The molecule has 2 heterocycles. The van der Waals surface area contributed by atoms with E-state index in [1.54, 1.807) is 30.5 Å². The Bertz CT molecular complexity index is 474. The lowest BCUT2D eigenvalue weighted by Crippen LogP contribution is -2.30. The van der Waals surface area contributed by atoms with Gasteiger partial charge in [0, 0.05) is 19.4 Å². The molecule has 2 aromatic heterocycles. The first-order chi connectivity index (χ1) is 7.66. The normalized spacial score (nSPS) is 12.4. The second-order valence-corrected chi connectivity index (χ2v) is 3.42. The molecule has 0 radical (unpaired) electrons. The highest BCUT2D eigenvalue weighted by Crippen LogP contribution is 2.05. The molecule has 1 unspecified atom stereocenters. The lowest BCUT2D eigenvalue weighted by molar-refractivity contribution is 0.239. The number of hydrogen-bond donors (Lipinski definition) is 1. The fraction of sp³-hybridized carbons (Fsp3) is 0.333. The molecule has 7 nitrogen and oxygen atoms in total. The summed E-state index contributed by atoms with van der Waals surface area (Å²) in [6.45, 7) is 1.82. The van der Waals surface area contributed by atoms with Crippen molar-refractivity contribution in [2.45, 2.75) is 13.0 Å². The molecule has 0 aromatic carbocycles. The summed E-state index contributed by atoms with van der Waals surface area (Å²) >= 11 is 0. The topological polar surface area (TPSA) is 77.6 Å². The molecule has 0 saturated carbocycles. The summed E-state index contributed by atoms with van der Waals surface area (Å²) in [6, 6.07) is -0.492. The Balaban J connectivity index is 2.03. The predicted molar refractivity (Wildman–Crippen MR) is 55.6 cm³/mol. The minimum absolute atomic E-state index is 0.240. The minimum atomic E-state index is -0.252. The zero-order valence-electron chi connectivity index (χ0n) is 9.03. The maximum Gasteiger partial charge on any atom is 0.327 e. The number of carbonyl (C=O) groups excluding carboxylic acids is 1. The SMILES string of the molecule is CC(NC(=O)n1ccnc1)c1ncn(C)n1. The van der Waals surface area contributed by atoms with Crippen LogP contribution in [0, 0.1) is 0 Å². The number of nitrogens with zero attached hydrogens (tertiary/aromatic N) is 5. The second-order valence-electron chi connectivity index (χ2n) is 3.42. The Kier molecular flexibility index (Phi) is 2.67. The number of amides is 1. The summed E-state index contributed by atoms with van der Waals surface area (Å²) in [5.74, 6) is 0.580. The monoisotopic (exact) mass is 220 g/mol. The lowest BCUT2D eigenvalue weighted by atomic mass is 10.3. The molecule has 0 bridgehead atoms. The van der Waals surface area contributed by atoms with Gasteiger partial charge in [-0.05, 0) is 6.92 Å². The average Bonchev–Trinajstić information content (AvgIpc) is 2.87. The van der Waals surface area contributed by atoms with Crippen molar-refractivity contribution in [1.29, 1.82) is 0 Å². The Labute approximate surface area is 92.1 Å². The molecule has 1 atom stereocenters. The van der Waals surface area contributed by atoms with Gasteiger partial charge in [-0.1, -0.05) is 0 Å². The first-order valence-corrected chi connectivity index (χ1v) is 4.81. The van der Waals surface area contributed by atoms with Crippen molar-refractivity contribution in [1.82, 2.24) is 29.6 Å². The lowest BCUT2D eigenvalue weighted by Gasteiger charge is -2.10. The van der Waals surface area contributed by atoms with Crippen LogP contribution < -0.4 is 5.32 Å². The third kappa shape index (κ3) is 2.08. The molecule has 2 aromatic rings. The molecule has 0 aliphatic rings. The van der Waals surface area contributed by atoms with E-state index in [-0.39, 0.29) is 12.1 Å². The number of imidazole rings is 1. The first-order valence-electron chi connectivity index (χ1n) is 4.81. The maximum absolute atomic E-state index is 11.6. The van der Waals surface area contributed by atoms with Crippen LogP contribution in [0.4, 0.5) is 4.79 Å². The molecular formula is C9H12N6O. The quantitative estimate of drug-likeness (QED) is 0.791. The van der Waals surface area contributed by atoms with Crippen LogP contribution in [0.5, 0.6) is 0 Å². The highest BCUT2D eigenvalue weighted by Gasteiger charge is 2.13. The van der Waals surface area contributed by atoms with Crippen LogP contribution in [0.3, 0.4) is 0 Å². The zero-order chi connectivity index (χ0) is 11.5. The number of carbonyl (C=O) groups is 1. The maximum atomic E-state index is 11.6. The van der Waals surface area contributed by atoms with E-state index in [2.05, 4.69) is 20.4 Å². The van der Waals surface area contributed by atoms with Gasteiger partial charge in [-0.3, -0.25) is 9.25 Å². The predicted octanol–water partition coefficient (Wildman–Crippen LogP) is 0.331. The van der Waals surface area contributed by atoms with Crippen LogP contribution in [0.1, 0.15) is 18.8 Å². The molecule has 0 aliphatic carbocycles. The molecule has 1 N–H and O–H groups in total. The summed E-state index contributed by atoms with van der Waals surface area (Å²) in [7, 11) is 1.78. The molecular weight excluding hydrogens is 208 g/mol. The van der Waals surface area contributed by atoms with Crippen molar-refractivity contribution in [3.8, 4) is 0 Å². The van der Waals surface area contributed by atoms with Crippen LogP contribution in [-0.2, 0) is 7.05 Å². The molecule has 84 valence electrons. The van der Waals surface area contributed by atoms with E-state index in [9.17, 15) is 4.79 Å². The van der Waals surface area contributed by atoms with Crippen LogP contribution in [0.25, 0.3) is 0 Å². The molecule has 2 rings (SSSR count). The van der Waals surface area contributed by atoms with Crippen molar-refractivity contribution >= 4 is 6.03 Å². The first kappa shape index (κ1) is 10.3. The summed E-state index contributed by atoms with van der Waals surface area (Å²) in [6.07, 6.45) is 6.15. The average molecular weight is 220 g/mol. The second kappa shape index (κ2) is 4.13. The number of nitrogens with one attached hydrogen (secondary N) is 1. The van der Waals surface area contributed by atoms with Gasteiger partial charge in [0.25, 0.3) is 0 Å². The number of aryl methyl sites for hydroxylation is 1. The van der Waals surface area contributed by atoms with Crippen molar-refractivity contribution < 1.29 is 4.79 Å². The van der Waals surface area contributed by atoms with Gasteiger partial charge in [0.15, 0.2) is 5.82 Å². The number of rotatable bonds is 2.